The Morgan fingerprint density at radius 1 is 1.24 bits per heavy atom. The minimum absolute atomic E-state index is 0.00284. The maximum Gasteiger partial charge on any atom is 0.341 e. The van der Waals surface area contributed by atoms with Crippen LogP contribution < -0.4 is 5.32 Å². The molecule has 1 aromatic heterocycles. The summed E-state index contributed by atoms with van der Waals surface area (Å²) in [6.07, 6.45) is 0.00284. The first kappa shape index (κ1) is 19.2. The Morgan fingerprint density at radius 3 is 2.56 bits per heavy atom. The van der Waals surface area contributed by atoms with Gasteiger partial charge in [-0.05, 0) is 12.1 Å². The first-order chi connectivity index (χ1) is 11.9. The Hall–Kier alpha value is -2.16. The van der Waals surface area contributed by atoms with Gasteiger partial charge in [-0.3, -0.25) is 14.9 Å². The topological polar surface area (TPSA) is 94.6 Å². The number of halogens is 2. The van der Waals surface area contributed by atoms with Gasteiger partial charge >= 0.3 is 11.9 Å². The molecule has 2 aromatic rings. The minimum Gasteiger partial charge on any atom is -0.469 e. The molecule has 0 fully saturated rings. The molecule has 1 aromatic carbocycles. The lowest BCUT2D eigenvalue weighted by atomic mass is 10.2. The van der Waals surface area contributed by atoms with Gasteiger partial charge in [0, 0.05) is 5.38 Å². The third-order valence-electron chi connectivity index (χ3n) is 2.85. The van der Waals surface area contributed by atoms with Crippen LogP contribution in [0.3, 0.4) is 0 Å². The predicted molar refractivity (Wildman–Crippen MR) is 93.2 cm³/mol. The van der Waals surface area contributed by atoms with E-state index < -0.39 is 24.5 Å². The smallest absolute Gasteiger partial charge is 0.341 e. The van der Waals surface area contributed by atoms with E-state index in [1.807, 2.05) is 0 Å². The van der Waals surface area contributed by atoms with Crippen LogP contribution >= 0.6 is 34.5 Å². The van der Waals surface area contributed by atoms with Crippen LogP contribution in [0.25, 0.3) is 0 Å². The van der Waals surface area contributed by atoms with Crippen LogP contribution in [-0.4, -0.2) is 36.5 Å². The average molecular weight is 403 g/mol. The second kappa shape index (κ2) is 8.80. The van der Waals surface area contributed by atoms with Crippen LogP contribution in [0.1, 0.15) is 16.1 Å². The number of carbonyl (C=O) groups excluding carboxylic acids is 3. The lowest BCUT2D eigenvalue weighted by molar-refractivity contribution is -0.139. The molecule has 1 N–H and O–H groups in total. The molecule has 0 radical (unpaired) electrons. The summed E-state index contributed by atoms with van der Waals surface area (Å²) in [7, 11) is 1.27. The number of hydrogen-bond donors (Lipinski definition) is 1. The van der Waals surface area contributed by atoms with Gasteiger partial charge in [-0.25, -0.2) is 9.78 Å². The summed E-state index contributed by atoms with van der Waals surface area (Å²) in [5.41, 5.74) is 0.459. The molecule has 0 bridgehead atoms. The number of methoxy groups -OCH3 is 1. The molecule has 25 heavy (non-hydrogen) atoms. The van der Waals surface area contributed by atoms with Gasteiger partial charge in [0.15, 0.2) is 11.7 Å². The minimum atomic E-state index is -0.809. The van der Waals surface area contributed by atoms with Crippen LogP contribution in [0.4, 0.5) is 5.13 Å². The van der Waals surface area contributed by atoms with Crippen LogP contribution in [0, 0.1) is 0 Å². The molecule has 0 saturated carbocycles. The first-order valence-corrected chi connectivity index (χ1v) is 8.46. The lowest BCUT2D eigenvalue weighted by Gasteiger charge is -2.07. The number of anilines is 1. The number of thiazole rings is 1. The second-order valence-electron chi connectivity index (χ2n) is 4.62. The number of aromatic nitrogens is 1. The van der Waals surface area contributed by atoms with E-state index in [1.54, 1.807) is 11.4 Å². The fraction of sp³-hybridized carbons (Fsp3) is 0.200. The molecule has 0 aliphatic carbocycles. The van der Waals surface area contributed by atoms with E-state index in [-0.39, 0.29) is 27.2 Å². The molecular formula is C15H12Cl2N2O5S. The first-order valence-electron chi connectivity index (χ1n) is 6.83. The number of rotatable bonds is 6. The van der Waals surface area contributed by atoms with Crippen molar-refractivity contribution < 1.29 is 23.9 Å². The zero-order valence-corrected chi connectivity index (χ0v) is 15.2. The quantitative estimate of drug-likeness (QED) is 0.746. The van der Waals surface area contributed by atoms with Gasteiger partial charge < -0.3 is 9.47 Å². The van der Waals surface area contributed by atoms with Crippen molar-refractivity contribution in [2.75, 3.05) is 19.0 Å². The van der Waals surface area contributed by atoms with Crippen molar-refractivity contribution in [1.82, 2.24) is 4.98 Å². The molecule has 10 heteroatoms. The molecule has 0 unspecified atom stereocenters. The highest BCUT2D eigenvalue weighted by Gasteiger charge is 2.18. The van der Waals surface area contributed by atoms with E-state index in [0.717, 1.165) is 11.3 Å². The standard InChI is InChI=1S/C15H12Cl2N2O5S/c1-23-12(21)5-8-7-25-15(18-8)19-11(20)6-24-14(22)13-9(16)3-2-4-10(13)17/h2-4,7H,5-6H2,1H3,(H,18,19,20). The summed E-state index contributed by atoms with van der Waals surface area (Å²) in [5, 5.41) is 4.61. The van der Waals surface area contributed by atoms with Gasteiger partial charge in [0.25, 0.3) is 5.91 Å². The Balaban J connectivity index is 1.88. The van der Waals surface area contributed by atoms with Crippen molar-refractivity contribution in [2.45, 2.75) is 6.42 Å². The highest BCUT2D eigenvalue weighted by atomic mass is 35.5. The molecule has 132 valence electrons. The van der Waals surface area contributed by atoms with Crippen molar-refractivity contribution >= 4 is 57.5 Å². The van der Waals surface area contributed by atoms with Crippen LogP contribution in [0.15, 0.2) is 23.6 Å². The van der Waals surface area contributed by atoms with Crippen LogP contribution in [0.5, 0.6) is 0 Å². The van der Waals surface area contributed by atoms with E-state index in [2.05, 4.69) is 15.0 Å². The summed E-state index contributed by atoms with van der Waals surface area (Å²) in [6.45, 7) is -0.535. The van der Waals surface area contributed by atoms with E-state index in [1.165, 1.54) is 19.2 Å². The lowest BCUT2D eigenvalue weighted by Crippen LogP contribution is -2.21. The molecular weight excluding hydrogens is 391 g/mol. The van der Waals surface area contributed by atoms with Crippen molar-refractivity contribution in [3.05, 3.63) is 44.9 Å². The highest BCUT2D eigenvalue weighted by Crippen LogP contribution is 2.25. The monoisotopic (exact) mass is 402 g/mol. The Labute approximate surface area is 156 Å². The largest absolute Gasteiger partial charge is 0.469 e. The average Bonchev–Trinajstić information content (AvgIpc) is 2.99. The number of hydrogen-bond acceptors (Lipinski definition) is 7. The SMILES string of the molecule is COC(=O)Cc1csc(NC(=O)COC(=O)c2c(Cl)cccc2Cl)n1. The Morgan fingerprint density at radius 2 is 1.92 bits per heavy atom. The summed E-state index contributed by atoms with van der Waals surface area (Å²) in [4.78, 5) is 39.0. The van der Waals surface area contributed by atoms with Crippen LogP contribution in [0.2, 0.25) is 10.0 Å². The molecule has 0 spiro atoms. The normalized spacial score (nSPS) is 10.2. The number of amides is 1. The molecule has 7 nitrogen and oxygen atoms in total. The van der Waals surface area contributed by atoms with Crippen molar-refractivity contribution in [3.63, 3.8) is 0 Å². The van der Waals surface area contributed by atoms with Gasteiger partial charge in [0.2, 0.25) is 0 Å². The molecule has 2 rings (SSSR count). The van der Waals surface area contributed by atoms with E-state index >= 15 is 0 Å². The molecule has 0 saturated heterocycles. The highest BCUT2D eigenvalue weighted by molar-refractivity contribution is 7.13. The number of nitrogens with zero attached hydrogens (tertiary/aromatic N) is 1. The number of nitrogens with one attached hydrogen (secondary N) is 1. The van der Waals surface area contributed by atoms with Gasteiger partial charge in [-0.15, -0.1) is 11.3 Å². The Bertz CT molecular complexity index is 789. The van der Waals surface area contributed by atoms with Crippen molar-refractivity contribution in [2.24, 2.45) is 0 Å². The van der Waals surface area contributed by atoms with Crippen LogP contribution in [-0.2, 0) is 25.5 Å². The van der Waals surface area contributed by atoms with Gasteiger partial charge in [0.05, 0.1) is 34.8 Å². The maximum absolute atomic E-state index is 12.0. The fourth-order valence-electron chi connectivity index (χ4n) is 1.72. The van der Waals surface area contributed by atoms with E-state index in [4.69, 9.17) is 27.9 Å². The second-order valence-corrected chi connectivity index (χ2v) is 6.29. The predicted octanol–water partition coefficient (Wildman–Crippen LogP) is 2.96. The molecule has 0 atom stereocenters. The van der Waals surface area contributed by atoms with Crippen molar-refractivity contribution in [3.8, 4) is 0 Å². The number of benzene rings is 1. The molecule has 0 aliphatic heterocycles. The number of esters is 2. The zero-order chi connectivity index (χ0) is 18.4. The fourth-order valence-corrected chi connectivity index (χ4v) is 3.00. The molecule has 1 heterocycles. The maximum atomic E-state index is 12.0. The zero-order valence-electron chi connectivity index (χ0n) is 12.9. The molecule has 0 aliphatic rings. The third-order valence-corrected chi connectivity index (χ3v) is 4.29. The number of carbonyl (C=O) groups is 3. The number of ether oxygens (including phenoxy) is 2. The summed E-state index contributed by atoms with van der Waals surface area (Å²) in [5.74, 6) is -1.83. The third kappa shape index (κ3) is 5.42. The Kier molecular flexibility index (Phi) is 6.74. The summed E-state index contributed by atoms with van der Waals surface area (Å²) >= 11 is 12.9. The van der Waals surface area contributed by atoms with Gasteiger partial charge in [0.1, 0.15) is 0 Å². The van der Waals surface area contributed by atoms with Gasteiger partial charge in [-0.1, -0.05) is 29.3 Å². The summed E-state index contributed by atoms with van der Waals surface area (Å²) < 4.78 is 9.43. The summed E-state index contributed by atoms with van der Waals surface area (Å²) in [6, 6.07) is 4.56. The molecule has 1 amide bonds. The van der Waals surface area contributed by atoms with Gasteiger partial charge in [-0.2, -0.15) is 0 Å². The van der Waals surface area contributed by atoms with Crippen molar-refractivity contribution in [1.29, 1.82) is 0 Å². The van der Waals surface area contributed by atoms with E-state index in [0.29, 0.717) is 5.69 Å². The van der Waals surface area contributed by atoms with E-state index in [9.17, 15) is 14.4 Å².